The summed E-state index contributed by atoms with van der Waals surface area (Å²) in [7, 11) is 0. The zero-order valence-corrected chi connectivity index (χ0v) is 19.1. The lowest BCUT2D eigenvalue weighted by molar-refractivity contribution is -0.153. The van der Waals surface area contributed by atoms with E-state index >= 15 is 0 Å². The molecule has 0 spiro atoms. The Morgan fingerprint density at radius 2 is 1.82 bits per heavy atom. The van der Waals surface area contributed by atoms with Gasteiger partial charge in [0.05, 0.1) is 0 Å². The van der Waals surface area contributed by atoms with Crippen molar-refractivity contribution < 1.29 is 17.9 Å². The van der Waals surface area contributed by atoms with Crippen molar-refractivity contribution in [3.05, 3.63) is 41.2 Å². The van der Waals surface area contributed by atoms with E-state index in [1.54, 1.807) is 16.6 Å². The Morgan fingerprint density at radius 1 is 1.06 bits per heavy atom. The zero-order valence-electron chi connectivity index (χ0n) is 18.4. The maximum Gasteiger partial charge on any atom is 0.422 e. The summed E-state index contributed by atoms with van der Waals surface area (Å²) in [5.41, 5.74) is 1.37. The summed E-state index contributed by atoms with van der Waals surface area (Å²) < 4.78 is 45.1. The van der Waals surface area contributed by atoms with E-state index in [0.29, 0.717) is 46.7 Å². The quantitative estimate of drug-likeness (QED) is 0.465. The molecule has 1 aliphatic heterocycles. The summed E-state index contributed by atoms with van der Waals surface area (Å²) in [5.74, 6) is 3.40. The molecule has 3 aliphatic rings. The van der Waals surface area contributed by atoms with Crippen LogP contribution in [0.5, 0.6) is 5.75 Å². The van der Waals surface area contributed by atoms with Gasteiger partial charge in [0.2, 0.25) is 0 Å². The van der Waals surface area contributed by atoms with E-state index in [1.807, 2.05) is 6.07 Å². The van der Waals surface area contributed by atoms with Gasteiger partial charge in [0.15, 0.2) is 23.8 Å². The van der Waals surface area contributed by atoms with E-state index in [-0.39, 0.29) is 5.75 Å². The lowest BCUT2D eigenvalue weighted by atomic mass is 9.82. The van der Waals surface area contributed by atoms with Crippen molar-refractivity contribution in [2.45, 2.75) is 44.2 Å². The fraction of sp³-hybridized carbons (Fsp3) is 0.565. The molecule has 3 atom stereocenters. The number of rotatable bonds is 6. The summed E-state index contributed by atoms with van der Waals surface area (Å²) in [6.45, 7) is 0.424. The summed E-state index contributed by atoms with van der Waals surface area (Å²) in [6.07, 6.45) is 2.17. The maximum atomic E-state index is 12.8. The predicted molar refractivity (Wildman–Crippen MR) is 119 cm³/mol. The molecule has 7 nitrogen and oxygen atoms in total. The number of anilines is 1. The monoisotopic (exact) mass is 492 g/mol. The Kier molecular flexibility index (Phi) is 5.31. The number of nitrogens with zero attached hydrogens (tertiary/aromatic N) is 6. The molecule has 3 aromatic rings. The van der Waals surface area contributed by atoms with Gasteiger partial charge in [-0.05, 0) is 55.6 Å². The Bertz CT molecular complexity index is 1200. The first-order valence-electron chi connectivity index (χ1n) is 11.6. The van der Waals surface area contributed by atoms with E-state index in [9.17, 15) is 13.2 Å². The van der Waals surface area contributed by atoms with Crippen molar-refractivity contribution in [2.75, 3.05) is 24.6 Å². The molecule has 4 heterocycles. The topological polar surface area (TPSA) is 68.4 Å². The number of halogens is 4. The van der Waals surface area contributed by atoms with Crippen LogP contribution in [0, 0.1) is 17.8 Å². The number of pyridine rings is 1. The standard InChI is InChI=1S/C23H24ClF3N6O/c24-19-8-21(29-12-28-19)32-9-14-3-4-15(10-32)16(14)7-20-30-22-18(34-11-23(25,26)27)6-5-17(13-1-2-13)33(22)31-20/h5-6,8,12-16H,1-4,7,9-11H2/t14-,15+,16?. The molecular formula is C23H24ClF3N6O. The average molecular weight is 493 g/mol. The Labute approximate surface area is 199 Å². The van der Waals surface area contributed by atoms with Crippen LogP contribution in [0.4, 0.5) is 19.0 Å². The number of fused-ring (bicyclic) bond motifs is 3. The van der Waals surface area contributed by atoms with Crippen LogP contribution in [-0.2, 0) is 6.42 Å². The Morgan fingerprint density at radius 3 is 2.50 bits per heavy atom. The minimum atomic E-state index is -4.41. The van der Waals surface area contributed by atoms with Gasteiger partial charge in [-0.3, -0.25) is 0 Å². The van der Waals surface area contributed by atoms with Crippen molar-refractivity contribution in [2.24, 2.45) is 17.8 Å². The van der Waals surface area contributed by atoms with E-state index in [1.165, 1.54) is 6.33 Å². The van der Waals surface area contributed by atoms with Gasteiger partial charge in [0.25, 0.3) is 0 Å². The van der Waals surface area contributed by atoms with Gasteiger partial charge >= 0.3 is 6.18 Å². The molecule has 2 aliphatic carbocycles. The molecule has 0 aromatic carbocycles. The zero-order chi connectivity index (χ0) is 23.4. The van der Waals surface area contributed by atoms with Crippen LogP contribution >= 0.6 is 11.6 Å². The number of ether oxygens (including phenoxy) is 1. The van der Waals surface area contributed by atoms with E-state index in [4.69, 9.17) is 21.4 Å². The van der Waals surface area contributed by atoms with Crippen molar-refractivity contribution >= 4 is 23.1 Å². The lowest BCUT2D eigenvalue weighted by Crippen LogP contribution is -2.43. The normalized spacial score (nSPS) is 24.7. The third-order valence-electron chi connectivity index (χ3n) is 7.30. The van der Waals surface area contributed by atoms with E-state index in [0.717, 1.165) is 50.3 Å². The van der Waals surface area contributed by atoms with Gasteiger partial charge in [0, 0.05) is 37.2 Å². The third-order valence-corrected chi connectivity index (χ3v) is 7.51. The summed E-state index contributed by atoms with van der Waals surface area (Å²) in [5, 5.41) is 5.18. The smallest absolute Gasteiger partial charge is 0.422 e. The summed E-state index contributed by atoms with van der Waals surface area (Å²) in [6, 6.07) is 5.22. The van der Waals surface area contributed by atoms with Gasteiger partial charge in [-0.1, -0.05) is 11.6 Å². The molecule has 34 heavy (non-hydrogen) atoms. The van der Waals surface area contributed by atoms with Crippen LogP contribution in [0.1, 0.15) is 43.1 Å². The molecule has 2 saturated carbocycles. The molecule has 0 radical (unpaired) electrons. The Hall–Kier alpha value is -2.62. The lowest BCUT2D eigenvalue weighted by Gasteiger charge is -2.38. The first-order valence-corrected chi connectivity index (χ1v) is 12.0. The van der Waals surface area contributed by atoms with Gasteiger partial charge in [-0.25, -0.2) is 19.5 Å². The summed E-state index contributed by atoms with van der Waals surface area (Å²) >= 11 is 6.06. The summed E-state index contributed by atoms with van der Waals surface area (Å²) in [4.78, 5) is 15.3. The molecular weight excluding hydrogens is 469 g/mol. The number of piperidine rings is 1. The average Bonchev–Trinajstić information content (AvgIpc) is 3.50. The highest BCUT2D eigenvalue weighted by molar-refractivity contribution is 6.29. The second-order valence-corrected chi connectivity index (χ2v) is 10.0. The van der Waals surface area contributed by atoms with Crippen LogP contribution in [0.2, 0.25) is 5.15 Å². The predicted octanol–water partition coefficient (Wildman–Crippen LogP) is 4.70. The second kappa shape index (κ2) is 8.25. The highest BCUT2D eigenvalue weighted by Gasteiger charge is 2.43. The SMILES string of the molecule is FC(F)(F)COc1ccc(C2CC2)n2nc(CC3[C@@H]4CC[C@H]3CN(c3cc(Cl)ncn3)C4)nc12. The van der Waals surface area contributed by atoms with Gasteiger partial charge in [-0.2, -0.15) is 18.3 Å². The van der Waals surface area contributed by atoms with Crippen LogP contribution in [-0.4, -0.2) is 50.4 Å². The van der Waals surface area contributed by atoms with Crippen LogP contribution in [0.25, 0.3) is 5.65 Å². The molecule has 1 unspecified atom stereocenters. The van der Waals surface area contributed by atoms with Crippen molar-refractivity contribution in [3.8, 4) is 5.75 Å². The number of aromatic nitrogens is 5. The molecule has 180 valence electrons. The number of alkyl halides is 3. The first kappa shape index (κ1) is 21.9. The van der Waals surface area contributed by atoms with E-state index < -0.39 is 12.8 Å². The minimum Gasteiger partial charge on any atom is -0.480 e. The molecule has 0 amide bonds. The molecule has 1 saturated heterocycles. The fourth-order valence-electron chi connectivity index (χ4n) is 5.61. The minimum absolute atomic E-state index is 0.124. The van der Waals surface area contributed by atoms with Crippen molar-refractivity contribution in [3.63, 3.8) is 0 Å². The van der Waals surface area contributed by atoms with Crippen molar-refractivity contribution in [1.82, 2.24) is 24.6 Å². The maximum absolute atomic E-state index is 12.8. The molecule has 2 bridgehead atoms. The third kappa shape index (κ3) is 4.28. The highest BCUT2D eigenvalue weighted by atomic mass is 35.5. The fourth-order valence-corrected chi connectivity index (χ4v) is 5.75. The van der Waals surface area contributed by atoms with Crippen LogP contribution in [0.15, 0.2) is 24.5 Å². The first-order chi connectivity index (χ1) is 16.3. The largest absolute Gasteiger partial charge is 0.480 e. The van der Waals surface area contributed by atoms with Crippen LogP contribution < -0.4 is 9.64 Å². The van der Waals surface area contributed by atoms with E-state index in [2.05, 4.69) is 19.9 Å². The van der Waals surface area contributed by atoms with Gasteiger partial charge in [-0.15, -0.1) is 0 Å². The molecule has 3 fully saturated rings. The van der Waals surface area contributed by atoms with Gasteiger partial charge < -0.3 is 9.64 Å². The number of hydrogen-bond acceptors (Lipinski definition) is 6. The molecule has 11 heteroatoms. The second-order valence-electron chi connectivity index (χ2n) is 9.63. The van der Waals surface area contributed by atoms with Gasteiger partial charge in [0.1, 0.15) is 17.3 Å². The van der Waals surface area contributed by atoms with Crippen molar-refractivity contribution in [1.29, 1.82) is 0 Å². The highest BCUT2D eigenvalue weighted by Crippen LogP contribution is 2.45. The molecule has 3 aromatic heterocycles. The molecule has 0 N–H and O–H groups in total. The van der Waals surface area contributed by atoms with Crippen LogP contribution in [0.3, 0.4) is 0 Å². The molecule has 6 rings (SSSR count). The Balaban J connectivity index is 1.24. The number of hydrogen-bond donors (Lipinski definition) is 0.